The van der Waals surface area contributed by atoms with E-state index >= 15 is 0 Å². The summed E-state index contributed by atoms with van der Waals surface area (Å²) in [6, 6.07) is 17.9. The van der Waals surface area contributed by atoms with E-state index in [9.17, 15) is 4.79 Å². The molecule has 2 rings (SSSR count). The molecule has 0 spiro atoms. The first-order valence-corrected chi connectivity index (χ1v) is 8.38. The molecule has 2 aromatic rings. The van der Waals surface area contributed by atoms with Crippen LogP contribution in [0.3, 0.4) is 0 Å². The predicted octanol–water partition coefficient (Wildman–Crippen LogP) is 5.23. The number of aryl methyl sites for hydroxylation is 1. The quantitative estimate of drug-likeness (QED) is 0.682. The van der Waals surface area contributed by atoms with Crippen molar-refractivity contribution in [1.29, 1.82) is 0 Å². The lowest BCUT2D eigenvalue weighted by Crippen LogP contribution is -2.29. The maximum absolute atomic E-state index is 12.7. The van der Waals surface area contributed by atoms with Crippen LogP contribution in [0.4, 0.5) is 0 Å². The van der Waals surface area contributed by atoms with E-state index in [0.717, 1.165) is 12.0 Å². The Balaban J connectivity index is 2.21. The molecule has 2 atom stereocenters. The van der Waals surface area contributed by atoms with E-state index in [1.54, 1.807) is 0 Å². The van der Waals surface area contributed by atoms with Crippen LogP contribution >= 0.6 is 0 Å². The molecule has 0 amide bonds. The zero-order valence-electron chi connectivity index (χ0n) is 14.5. The molecular formula is C21H26O2. The van der Waals surface area contributed by atoms with Crippen LogP contribution in [0.5, 0.6) is 0 Å². The highest BCUT2D eigenvalue weighted by Crippen LogP contribution is 2.27. The molecule has 2 nitrogen and oxygen atoms in total. The first kappa shape index (κ1) is 17.3. The average Bonchev–Trinajstić information content (AvgIpc) is 2.59. The van der Waals surface area contributed by atoms with Gasteiger partial charge in [0.25, 0.3) is 0 Å². The summed E-state index contributed by atoms with van der Waals surface area (Å²) < 4.78 is 5.92. The molecule has 2 aromatic carbocycles. The molecule has 0 aliphatic heterocycles. The first-order valence-electron chi connectivity index (χ1n) is 8.38. The summed E-state index contributed by atoms with van der Waals surface area (Å²) in [5.41, 5.74) is 2.91. The van der Waals surface area contributed by atoms with Crippen molar-refractivity contribution in [3.05, 3.63) is 71.3 Å². The second-order valence-corrected chi connectivity index (χ2v) is 6.32. The number of benzene rings is 2. The van der Waals surface area contributed by atoms with E-state index in [1.807, 2.05) is 42.5 Å². The molecule has 0 heterocycles. The van der Waals surface area contributed by atoms with Crippen molar-refractivity contribution >= 4 is 5.97 Å². The summed E-state index contributed by atoms with van der Waals surface area (Å²) in [4.78, 5) is 12.7. The zero-order valence-corrected chi connectivity index (χ0v) is 14.5. The van der Waals surface area contributed by atoms with Crippen molar-refractivity contribution in [3.63, 3.8) is 0 Å². The van der Waals surface area contributed by atoms with Gasteiger partial charge in [0.05, 0.1) is 5.56 Å². The smallest absolute Gasteiger partial charge is 0.338 e. The van der Waals surface area contributed by atoms with Crippen LogP contribution in [0.1, 0.15) is 55.1 Å². The van der Waals surface area contributed by atoms with E-state index in [4.69, 9.17) is 4.74 Å². The average molecular weight is 310 g/mol. The van der Waals surface area contributed by atoms with Crippen LogP contribution in [0, 0.1) is 5.92 Å². The van der Waals surface area contributed by atoms with Crippen molar-refractivity contribution < 1.29 is 9.53 Å². The molecule has 2 unspecified atom stereocenters. The lowest BCUT2D eigenvalue weighted by atomic mass is 9.88. The second-order valence-electron chi connectivity index (χ2n) is 6.32. The number of esters is 1. The van der Waals surface area contributed by atoms with Gasteiger partial charge < -0.3 is 4.74 Å². The Bertz CT molecular complexity index is 631. The summed E-state index contributed by atoms with van der Waals surface area (Å²) in [5, 5.41) is 0. The van der Waals surface area contributed by atoms with Gasteiger partial charge in [-0.3, -0.25) is 0 Å². The number of ether oxygens (including phenoxy) is 1. The van der Waals surface area contributed by atoms with Crippen molar-refractivity contribution in [2.24, 2.45) is 5.92 Å². The van der Waals surface area contributed by atoms with Gasteiger partial charge in [-0.15, -0.1) is 0 Å². The highest BCUT2D eigenvalue weighted by molar-refractivity contribution is 5.91. The maximum atomic E-state index is 12.7. The van der Waals surface area contributed by atoms with Crippen LogP contribution in [0.25, 0.3) is 0 Å². The van der Waals surface area contributed by atoms with Crippen LogP contribution in [-0.4, -0.2) is 12.1 Å². The fraction of sp³-hybridized carbons (Fsp3) is 0.381. The topological polar surface area (TPSA) is 26.3 Å². The normalized spacial score (nSPS) is 13.6. The van der Waals surface area contributed by atoms with Crippen molar-refractivity contribution in [2.45, 2.75) is 46.1 Å². The van der Waals surface area contributed by atoms with Crippen LogP contribution in [-0.2, 0) is 11.2 Å². The Morgan fingerprint density at radius 3 is 2.17 bits per heavy atom. The number of rotatable bonds is 6. The first-order chi connectivity index (χ1) is 11.0. The lowest BCUT2D eigenvalue weighted by Gasteiger charge is -2.28. The van der Waals surface area contributed by atoms with E-state index in [2.05, 4.69) is 39.8 Å². The van der Waals surface area contributed by atoms with E-state index in [0.29, 0.717) is 5.56 Å². The fourth-order valence-electron chi connectivity index (χ4n) is 2.98. The molecular weight excluding hydrogens is 284 g/mol. The Kier molecular flexibility index (Phi) is 5.97. The van der Waals surface area contributed by atoms with Gasteiger partial charge in [-0.25, -0.2) is 4.79 Å². The summed E-state index contributed by atoms with van der Waals surface area (Å²) in [6.07, 6.45) is 0.682. The summed E-state index contributed by atoms with van der Waals surface area (Å²) in [6.45, 7) is 8.38. The van der Waals surface area contributed by atoms with Gasteiger partial charge in [-0.2, -0.15) is 0 Å². The van der Waals surface area contributed by atoms with E-state index < -0.39 is 0 Å². The Morgan fingerprint density at radius 2 is 1.57 bits per heavy atom. The summed E-state index contributed by atoms with van der Waals surface area (Å²) in [5.74, 6) is 0.195. The molecule has 23 heavy (non-hydrogen) atoms. The molecule has 0 radical (unpaired) electrons. The molecule has 0 aromatic heterocycles. The van der Waals surface area contributed by atoms with Crippen LogP contribution in [0.15, 0.2) is 54.6 Å². The van der Waals surface area contributed by atoms with Crippen molar-refractivity contribution in [3.8, 4) is 0 Å². The molecule has 0 bridgehead atoms. The summed E-state index contributed by atoms with van der Waals surface area (Å²) >= 11 is 0. The van der Waals surface area contributed by atoms with Gasteiger partial charge in [-0.05, 0) is 29.5 Å². The SMILES string of the molecule is CCc1ccccc1C(=O)OC(C(C)C)C(C)c1ccccc1. The third-order valence-corrected chi connectivity index (χ3v) is 4.34. The molecule has 0 N–H and O–H groups in total. The minimum Gasteiger partial charge on any atom is -0.458 e. The Morgan fingerprint density at radius 1 is 0.957 bits per heavy atom. The molecule has 0 aliphatic rings. The predicted molar refractivity (Wildman–Crippen MR) is 94.7 cm³/mol. The number of hydrogen-bond acceptors (Lipinski definition) is 2. The molecule has 122 valence electrons. The maximum Gasteiger partial charge on any atom is 0.338 e. The van der Waals surface area contributed by atoms with Gasteiger partial charge in [-0.1, -0.05) is 76.2 Å². The van der Waals surface area contributed by atoms with Crippen molar-refractivity contribution in [1.82, 2.24) is 0 Å². The minimum absolute atomic E-state index is 0.144. The third-order valence-electron chi connectivity index (χ3n) is 4.34. The molecule has 0 saturated carbocycles. The Labute approximate surface area is 139 Å². The van der Waals surface area contributed by atoms with Gasteiger partial charge in [0.2, 0.25) is 0 Å². The second kappa shape index (κ2) is 7.96. The van der Waals surface area contributed by atoms with E-state index in [1.165, 1.54) is 5.56 Å². The number of hydrogen-bond donors (Lipinski definition) is 0. The molecule has 0 fully saturated rings. The molecule has 0 saturated heterocycles. The highest BCUT2D eigenvalue weighted by atomic mass is 16.5. The number of carbonyl (C=O) groups is 1. The van der Waals surface area contributed by atoms with Gasteiger partial charge in [0, 0.05) is 5.92 Å². The monoisotopic (exact) mass is 310 g/mol. The van der Waals surface area contributed by atoms with Gasteiger partial charge in [0.15, 0.2) is 0 Å². The van der Waals surface area contributed by atoms with Gasteiger partial charge >= 0.3 is 5.97 Å². The molecule has 2 heteroatoms. The highest BCUT2D eigenvalue weighted by Gasteiger charge is 2.27. The minimum atomic E-state index is -0.219. The molecule has 0 aliphatic carbocycles. The van der Waals surface area contributed by atoms with Crippen molar-refractivity contribution in [2.75, 3.05) is 0 Å². The third kappa shape index (κ3) is 4.22. The van der Waals surface area contributed by atoms with E-state index in [-0.39, 0.29) is 23.9 Å². The van der Waals surface area contributed by atoms with Crippen LogP contribution in [0.2, 0.25) is 0 Å². The fourth-order valence-corrected chi connectivity index (χ4v) is 2.98. The summed E-state index contributed by atoms with van der Waals surface area (Å²) in [7, 11) is 0. The van der Waals surface area contributed by atoms with Crippen LogP contribution < -0.4 is 0 Å². The largest absolute Gasteiger partial charge is 0.458 e. The standard InChI is InChI=1S/C21H26O2/c1-5-17-11-9-10-14-19(17)21(22)23-20(15(2)3)16(4)18-12-7-6-8-13-18/h6-16,20H,5H2,1-4H3. The van der Waals surface area contributed by atoms with Gasteiger partial charge in [0.1, 0.15) is 6.10 Å². The Hall–Kier alpha value is -2.09. The zero-order chi connectivity index (χ0) is 16.8. The lowest BCUT2D eigenvalue weighted by molar-refractivity contribution is 0.0111. The number of carbonyl (C=O) groups excluding carboxylic acids is 1.